The van der Waals surface area contributed by atoms with E-state index in [0.717, 1.165) is 18.7 Å². The Morgan fingerprint density at radius 2 is 2.11 bits per heavy atom. The van der Waals surface area contributed by atoms with Crippen molar-refractivity contribution in [1.82, 2.24) is 15.0 Å². The van der Waals surface area contributed by atoms with E-state index in [4.69, 9.17) is 0 Å². The molecule has 0 aliphatic carbocycles. The lowest BCUT2D eigenvalue weighted by molar-refractivity contribution is 0.102. The van der Waals surface area contributed by atoms with Crippen molar-refractivity contribution in [3.8, 4) is 0 Å². The molecule has 98 valence electrons. The Balaban J connectivity index is 1.99. The molecular weight excluding hydrogens is 242 g/mol. The van der Waals surface area contributed by atoms with Crippen molar-refractivity contribution < 1.29 is 4.79 Å². The Morgan fingerprint density at radius 3 is 2.74 bits per heavy atom. The second kappa shape index (κ2) is 6.44. The van der Waals surface area contributed by atoms with Crippen LogP contribution in [-0.2, 0) is 0 Å². The standard InChI is InChI=1S/C13H15N5O/c1-2-5-15-10-3-4-11(17-8-10)13(19)18-12-9-14-6-7-16-12/h3-4,6-9,15H,2,5H2,1H3,(H,16,18,19). The van der Waals surface area contributed by atoms with Gasteiger partial charge in [0.05, 0.1) is 18.1 Å². The van der Waals surface area contributed by atoms with E-state index < -0.39 is 0 Å². The van der Waals surface area contributed by atoms with Gasteiger partial charge in [-0.15, -0.1) is 0 Å². The van der Waals surface area contributed by atoms with Crippen LogP contribution in [0.5, 0.6) is 0 Å². The molecule has 0 radical (unpaired) electrons. The Bertz CT molecular complexity index is 526. The molecule has 2 aromatic rings. The highest BCUT2D eigenvalue weighted by atomic mass is 16.1. The molecule has 2 aromatic heterocycles. The summed E-state index contributed by atoms with van der Waals surface area (Å²) < 4.78 is 0. The summed E-state index contributed by atoms with van der Waals surface area (Å²) >= 11 is 0. The summed E-state index contributed by atoms with van der Waals surface area (Å²) in [7, 11) is 0. The van der Waals surface area contributed by atoms with Gasteiger partial charge in [0, 0.05) is 18.9 Å². The third kappa shape index (κ3) is 3.74. The molecule has 2 heterocycles. The number of carbonyl (C=O) groups is 1. The van der Waals surface area contributed by atoms with Gasteiger partial charge in [0.2, 0.25) is 0 Å². The zero-order valence-corrected chi connectivity index (χ0v) is 10.6. The number of aromatic nitrogens is 3. The van der Waals surface area contributed by atoms with E-state index in [1.807, 2.05) is 6.07 Å². The van der Waals surface area contributed by atoms with Crippen LogP contribution in [0.4, 0.5) is 11.5 Å². The molecule has 0 aliphatic heterocycles. The van der Waals surface area contributed by atoms with Crippen molar-refractivity contribution in [2.24, 2.45) is 0 Å². The van der Waals surface area contributed by atoms with Crippen LogP contribution >= 0.6 is 0 Å². The lowest BCUT2D eigenvalue weighted by Gasteiger charge is -2.06. The highest BCUT2D eigenvalue weighted by molar-refractivity contribution is 6.02. The maximum Gasteiger partial charge on any atom is 0.275 e. The van der Waals surface area contributed by atoms with Gasteiger partial charge in [-0.3, -0.25) is 9.78 Å². The van der Waals surface area contributed by atoms with Crippen molar-refractivity contribution >= 4 is 17.4 Å². The number of hydrogen-bond acceptors (Lipinski definition) is 5. The molecule has 1 amide bonds. The molecule has 6 heteroatoms. The van der Waals surface area contributed by atoms with Gasteiger partial charge in [0.15, 0.2) is 5.82 Å². The molecule has 19 heavy (non-hydrogen) atoms. The summed E-state index contributed by atoms with van der Waals surface area (Å²) in [6.07, 6.45) is 7.22. The van der Waals surface area contributed by atoms with Crippen molar-refractivity contribution in [3.63, 3.8) is 0 Å². The predicted octanol–water partition coefficient (Wildman–Crippen LogP) is 1.95. The van der Waals surface area contributed by atoms with E-state index in [-0.39, 0.29) is 5.91 Å². The van der Waals surface area contributed by atoms with Crippen LogP contribution in [-0.4, -0.2) is 27.4 Å². The van der Waals surface area contributed by atoms with Gasteiger partial charge in [-0.05, 0) is 18.6 Å². The van der Waals surface area contributed by atoms with Gasteiger partial charge in [0.25, 0.3) is 5.91 Å². The number of nitrogens with zero attached hydrogens (tertiary/aromatic N) is 3. The zero-order valence-electron chi connectivity index (χ0n) is 10.6. The van der Waals surface area contributed by atoms with Crippen molar-refractivity contribution in [3.05, 3.63) is 42.6 Å². The van der Waals surface area contributed by atoms with E-state index in [1.54, 1.807) is 18.5 Å². The van der Waals surface area contributed by atoms with Gasteiger partial charge in [-0.25, -0.2) is 9.97 Å². The number of pyridine rings is 1. The first-order chi connectivity index (χ1) is 9.29. The molecule has 0 saturated heterocycles. The van der Waals surface area contributed by atoms with Gasteiger partial charge >= 0.3 is 0 Å². The molecule has 0 saturated carbocycles. The molecule has 6 nitrogen and oxygen atoms in total. The quantitative estimate of drug-likeness (QED) is 0.855. The molecule has 0 fully saturated rings. The number of hydrogen-bond donors (Lipinski definition) is 2. The third-order valence-electron chi connectivity index (χ3n) is 2.38. The largest absolute Gasteiger partial charge is 0.384 e. The lowest BCUT2D eigenvalue weighted by Crippen LogP contribution is -2.14. The molecule has 0 spiro atoms. The Morgan fingerprint density at radius 1 is 1.21 bits per heavy atom. The summed E-state index contributed by atoms with van der Waals surface area (Å²) in [5.41, 5.74) is 1.24. The first kappa shape index (κ1) is 12.9. The second-order valence-corrected chi connectivity index (χ2v) is 3.90. The van der Waals surface area contributed by atoms with E-state index in [2.05, 4.69) is 32.5 Å². The number of anilines is 2. The number of rotatable bonds is 5. The maximum atomic E-state index is 11.9. The van der Waals surface area contributed by atoms with Crippen LogP contribution in [0, 0.1) is 0 Å². The van der Waals surface area contributed by atoms with Crippen molar-refractivity contribution in [2.75, 3.05) is 17.2 Å². The second-order valence-electron chi connectivity index (χ2n) is 3.90. The first-order valence-electron chi connectivity index (χ1n) is 6.07. The predicted molar refractivity (Wildman–Crippen MR) is 73.0 cm³/mol. The third-order valence-corrected chi connectivity index (χ3v) is 2.38. The number of nitrogens with one attached hydrogen (secondary N) is 2. The minimum Gasteiger partial charge on any atom is -0.384 e. The van der Waals surface area contributed by atoms with Gasteiger partial charge in [-0.2, -0.15) is 0 Å². The fraction of sp³-hybridized carbons (Fsp3) is 0.231. The fourth-order valence-corrected chi connectivity index (χ4v) is 1.45. The van der Waals surface area contributed by atoms with Crippen LogP contribution in [0.15, 0.2) is 36.9 Å². The van der Waals surface area contributed by atoms with E-state index >= 15 is 0 Å². The average molecular weight is 257 g/mol. The number of amides is 1. The summed E-state index contributed by atoms with van der Waals surface area (Å²) in [6.45, 7) is 2.97. The highest BCUT2D eigenvalue weighted by Crippen LogP contribution is 2.08. The normalized spacial score (nSPS) is 9.95. The summed E-state index contributed by atoms with van der Waals surface area (Å²) in [6, 6.07) is 3.50. The minimum atomic E-state index is -0.303. The molecule has 0 unspecified atom stereocenters. The summed E-state index contributed by atoms with van der Waals surface area (Å²) in [5.74, 6) is 0.102. The van der Waals surface area contributed by atoms with E-state index in [0.29, 0.717) is 11.5 Å². The van der Waals surface area contributed by atoms with E-state index in [9.17, 15) is 4.79 Å². The molecule has 2 rings (SSSR count). The van der Waals surface area contributed by atoms with E-state index in [1.165, 1.54) is 12.4 Å². The molecule has 0 atom stereocenters. The Hall–Kier alpha value is -2.50. The average Bonchev–Trinajstić information content (AvgIpc) is 2.46. The fourth-order valence-electron chi connectivity index (χ4n) is 1.45. The molecule has 2 N–H and O–H groups in total. The summed E-state index contributed by atoms with van der Waals surface area (Å²) in [4.78, 5) is 23.8. The smallest absolute Gasteiger partial charge is 0.275 e. The molecule has 0 aliphatic rings. The minimum absolute atomic E-state index is 0.303. The Labute approximate surface area is 111 Å². The van der Waals surface area contributed by atoms with Crippen LogP contribution in [0.25, 0.3) is 0 Å². The first-order valence-corrected chi connectivity index (χ1v) is 6.07. The molecule has 0 aromatic carbocycles. The highest BCUT2D eigenvalue weighted by Gasteiger charge is 2.07. The van der Waals surface area contributed by atoms with Crippen LogP contribution < -0.4 is 10.6 Å². The zero-order chi connectivity index (χ0) is 13.5. The Kier molecular flexibility index (Phi) is 4.39. The van der Waals surface area contributed by atoms with Crippen molar-refractivity contribution in [1.29, 1.82) is 0 Å². The van der Waals surface area contributed by atoms with Crippen molar-refractivity contribution in [2.45, 2.75) is 13.3 Å². The van der Waals surface area contributed by atoms with Gasteiger partial charge in [-0.1, -0.05) is 6.92 Å². The summed E-state index contributed by atoms with van der Waals surface area (Å²) in [5, 5.41) is 5.82. The SMILES string of the molecule is CCCNc1ccc(C(=O)Nc2cnccn2)nc1. The maximum absolute atomic E-state index is 11.9. The van der Waals surface area contributed by atoms with Crippen LogP contribution in [0.2, 0.25) is 0 Å². The molecular formula is C13H15N5O. The van der Waals surface area contributed by atoms with Crippen LogP contribution in [0.3, 0.4) is 0 Å². The lowest BCUT2D eigenvalue weighted by atomic mass is 10.3. The van der Waals surface area contributed by atoms with Crippen LogP contribution in [0.1, 0.15) is 23.8 Å². The molecule has 0 bridgehead atoms. The monoisotopic (exact) mass is 257 g/mol. The van der Waals surface area contributed by atoms with Gasteiger partial charge < -0.3 is 10.6 Å². The topological polar surface area (TPSA) is 79.8 Å². The number of carbonyl (C=O) groups excluding carboxylic acids is 1. The van der Waals surface area contributed by atoms with Gasteiger partial charge in [0.1, 0.15) is 5.69 Å².